The SMILES string of the molecule is Clc1ccc(CNc2nc(-c3ccccn3)nc3scc(-c4ccccc4)c23)cc1. The lowest BCUT2D eigenvalue weighted by Crippen LogP contribution is -2.04. The van der Waals surface area contributed by atoms with Crippen molar-refractivity contribution in [3.05, 3.63) is 95.0 Å². The molecule has 1 N–H and O–H groups in total. The Kier molecular flexibility index (Phi) is 5.13. The average molecular weight is 429 g/mol. The van der Waals surface area contributed by atoms with E-state index in [0.29, 0.717) is 12.4 Å². The molecule has 0 spiro atoms. The highest BCUT2D eigenvalue weighted by molar-refractivity contribution is 7.17. The fourth-order valence-corrected chi connectivity index (χ4v) is 4.37. The van der Waals surface area contributed by atoms with E-state index in [0.717, 1.165) is 43.4 Å². The van der Waals surface area contributed by atoms with E-state index < -0.39 is 0 Å². The predicted octanol–water partition coefficient (Wildman–Crippen LogP) is 6.69. The van der Waals surface area contributed by atoms with Gasteiger partial charge in [0.25, 0.3) is 0 Å². The van der Waals surface area contributed by atoms with Crippen molar-refractivity contribution >= 4 is 39.0 Å². The molecule has 6 heteroatoms. The van der Waals surface area contributed by atoms with E-state index in [1.54, 1.807) is 17.5 Å². The van der Waals surface area contributed by atoms with Crippen molar-refractivity contribution in [3.8, 4) is 22.6 Å². The number of hydrogen-bond donors (Lipinski definition) is 1. The molecule has 0 amide bonds. The Morgan fingerprint density at radius 1 is 0.867 bits per heavy atom. The second-order valence-electron chi connectivity index (χ2n) is 6.79. The molecule has 0 aliphatic carbocycles. The van der Waals surface area contributed by atoms with Crippen LogP contribution in [0.25, 0.3) is 32.9 Å². The first-order chi connectivity index (χ1) is 14.8. The molecule has 5 rings (SSSR count). The minimum Gasteiger partial charge on any atom is -0.365 e. The van der Waals surface area contributed by atoms with E-state index in [1.165, 1.54) is 0 Å². The summed E-state index contributed by atoms with van der Waals surface area (Å²) in [5.74, 6) is 1.42. The normalized spacial score (nSPS) is 11.0. The third-order valence-electron chi connectivity index (χ3n) is 4.79. The summed E-state index contributed by atoms with van der Waals surface area (Å²) in [5, 5.41) is 7.41. The first-order valence-corrected chi connectivity index (χ1v) is 10.8. The third-order valence-corrected chi connectivity index (χ3v) is 5.91. The van der Waals surface area contributed by atoms with E-state index in [1.807, 2.05) is 60.7 Å². The van der Waals surface area contributed by atoms with Crippen LogP contribution in [0.4, 0.5) is 5.82 Å². The highest BCUT2D eigenvalue weighted by Gasteiger charge is 2.16. The van der Waals surface area contributed by atoms with E-state index >= 15 is 0 Å². The average Bonchev–Trinajstić information content (AvgIpc) is 3.24. The Morgan fingerprint density at radius 3 is 2.43 bits per heavy atom. The lowest BCUT2D eigenvalue weighted by Gasteiger charge is -2.11. The molecule has 5 aromatic rings. The van der Waals surface area contributed by atoms with Gasteiger partial charge in [-0.3, -0.25) is 4.98 Å². The van der Waals surface area contributed by atoms with E-state index in [-0.39, 0.29) is 0 Å². The van der Waals surface area contributed by atoms with Crippen LogP contribution in [0, 0.1) is 0 Å². The molecule has 0 saturated heterocycles. The summed E-state index contributed by atoms with van der Waals surface area (Å²) in [4.78, 5) is 15.0. The number of hydrogen-bond acceptors (Lipinski definition) is 5. The van der Waals surface area contributed by atoms with Gasteiger partial charge in [-0.15, -0.1) is 11.3 Å². The maximum absolute atomic E-state index is 6.02. The van der Waals surface area contributed by atoms with Crippen LogP contribution in [-0.2, 0) is 6.54 Å². The standard InChI is InChI=1S/C24H17ClN4S/c25-18-11-9-16(10-12-18)14-27-23-21-19(17-6-2-1-3-7-17)15-30-24(21)29-22(28-23)20-8-4-5-13-26-20/h1-13,15H,14H2,(H,27,28,29). The van der Waals surface area contributed by atoms with Crippen LogP contribution in [0.1, 0.15) is 5.56 Å². The van der Waals surface area contributed by atoms with Gasteiger partial charge in [-0.05, 0) is 35.4 Å². The van der Waals surface area contributed by atoms with Gasteiger partial charge < -0.3 is 5.32 Å². The Morgan fingerprint density at radius 2 is 1.67 bits per heavy atom. The van der Waals surface area contributed by atoms with Crippen LogP contribution < -0.4 is 5.32 Å². The molecule has 2 aromatic carbocycles. The fraction of sp³-hybridized carbons (Fsp3) is 0.0417. The Hall–Kier alpha value is -3.28. The number of aromatic nitrogens is 3. The molecule has 0 aliphatic rings. The van der Waals surface area contributed by atoms with Crippen molar-refractivity contribution in [3.63, 3.8) is 0 Å². The number of halogens is 1. The zero-order valence-corrected chi connectivity index (χ0v) is 17.5. The van der Waals surface area contributed by atoms with Gasteiger partial charge in [-0.25, -0.2) is 9.97 Å². The fourth-order valence-electron chi connectivity index (χ4n) is 3.30. The minimum absolute atomic E-state index is 0.614. The number of fused-ring (bicyclic) bond motifs is 1. The second kappa shape index (κ2) is 8.22. The quantitative estimate of drug-likeness (QED) is 0.339. The van der Waals surface area contributed by atoms with Crippen molar-refractivity contribution < 1.29 is 0 Å². The molecule has 3 heterocycles. The molecular formula is C24H17ClN4S. The molecule has 0 bridgehead atoms. The first kappa shape index (κ1) is 18.7. The molecule has 0 saturated carbocycles. The van der Waals surface area contributed by atoms with Crippen molar-refractivity contribution in [2.24, 2.45) is 0 Å². The number of nitrogens with one attached hydrogen (secondary N) is 1. The number of nitrogens with zero attached hydrogens (tertiary/aromatic N) is 3. The van der Waals surface area contributed by atoms with Gasteiger partial charge in [0.05, 0.1) is 5.39 Å². The summed E-state index contributed by atoms with van der Waals surface area (Å²) >= 11 is 7.64. The summed E-state index contributed by atoms with van der Waals surface area (Å²) in [5.41, 5.74) is 4.15. The van der Waals surface area contributed by atoms with E-state index in [4.69, 9.17) is 21.6 Å². The van der Waals surface area contributed by atoms with Crippen molar-refractivity contribution in [1.29, 1.82) is 0 Å². The molecule has 0 atom stereocenters. The van der Waals surface area contributed by atoms with Gasteiger partial charge in [0.2, 0.25) is 0 Å². The van der Waals surface area contributed by atoms with Gasteiger partial charge in [0.15, 0.2) is 5.82 Å². The van der Waals surface area contributed by atoms with Crippen LogP contribution in [-0.4, -0.2) is 15.0 Å². The summed E-state index contributed by atoms with van der Waals surface area (Å²) in [6.45, 7) is 0.634. The number of rotatable bonds is 5. The second-order valence-corrected chi connectivity index (χ2v) is 8.08. The zero-order chi connectivity index (χ0) is 20.3. The van der Waals surface area contributed by atoms with Crippen LogP contribution in [0.15, 0.2) is 84.4 Å². The first-order valence-electron chi connectivity index (χ1n) is 9.52. The highest BCUT2D eigenvalue weighted by Crippen LogP contribution is 2.38. The molecule has 0 radical (unpaired) electrons. The number of benzene rings is 2. The number of anilines is 1. The van der Waals surface area contributed by atoms with E-state index in [9.17, 15) is 0 Å². The van der Waals surface area contributed by atoms with Crippen LogP contribution in [0.3, 0.4) is 0 Å². The molecule has 30 heavy (non-hydrogen) atoms. The van der Waals surface area contributed by atoms with Gasteiger partial charge in [0.1, 0.15) is 16.3 Å². The summed E-state index contributed by atoms with van der Waals surface area (Å²) < 4.78 is 0. The summed E-state index contributed by atoms with van der Waals surface area (Å²) in [7, 11) is 0. The molecule has 4 nitrogen and oxygen atoms in total. The van der Waals surface area contributed by atoms with Gasteiger partial charge in [-0.1, -0.05) is 60.1 Å². The molecule has 3 aromatic heterocycles. The molecule has 0 aliphatic heterocycles. The largest absolute Gasteiger partial charge is 0.365 e. The van der Waals surface area contributed by atoms with Gasteiger partial charge in [-0.2, -0.15) is 0 Å². The minimum atomic E-state index is 0.614. The number of thiophene rings is 1. The predicted molar refractivity (Wildman–Crippen MR) is 125 cm³/mol. The molecule has 146 valence electrons. The van der Waals surface area contributed by atoms with Crippen LogP contribution in [0.5, 0.6) is 0 Å². The zero-order valence-electron chi connectivity index (χ0n) is 15.9. The Labute approximate surface area is 183 Å². The summed E-state index contributed by atoms with van der Waals surface area (Å²) in [6.07, 6.45) is 1.76. The smallest absolute Gasteiger partial charge is 0.181 e. The Balaban J connectivity index is 1.62. The topological polar surface area (TPSA) is 50.7 Å². The molecule has 0 fully saturated rings. The van der Waals surface area contributed by atoms with E-state index in [2.05, 4.69) is 27.8 Å². The van der Waals surface area contributed by atoms with Gasteiger partial charge >= 0.3 is 0 Å². The maximum atomic E-state index is 6.02. The van der Waals surface area contributed by atoms with Crippen molar-refractivity contribution in [2.75, 3.05) is 5.32 Å². The monoisotopic (exact) mass is 428 g/mol. The molecular weight excluding hydrogens is 412 g/mol. The van der Waals surface area contributed by atoms with Crippen LogP contribution >= 0.6 is 22.9 Å². The third kappa shape index (κ3) is 3.77. The van der Waals surface area contributed by atoms with Gasteiger partial charge in [0, 0.05) is 28.7 Å². The number of pyridine rings is 1. The van der Waals surface area contributed by atoms with Crippen molar-refractivity contribution in [1.82, 2.24) is 15.0 Å². The van der Waals surface area contributed by atoms with Crippen LogP contribution in [0.2, 0.25) is 5.02 Å². The highest BCUT2D eigenvalue weighted by atomic mass is 35.5. The lowest BCUT2D eigenvalue weighted by molar-refractivity contribution is 1.10. The summed E-state index contributed by atoms with van der Waals surface area (Å²) in [6, 6.07) is 23.9. The molecule has 0 unspecified atom stereocenters. The van der Waals surface area contributed by atoms with Crippen molar-refractivity contribution in [2.45, 2.75) is 6.54 Å². The lowest BCUT2D eigenvalue weighted by atomic mass is 10.1. The maximum Gasteiger partial charge on any atom is 0.181 e. The Bertz CT molecular complexity index is 1290.